The van der Waals surface area contributed by atoms with Gasteiger partial charge in [0.05, 0.1) is 18.4 Å². The van der Waals surface area contributed by atoms with Gasteiger partial charge in [0.2, 0.25) is 0 Å². The van der Waals surface area contributed by atoms with Crippen LogP contribution < -0.4 is 10.5 Å². The van der Waals surface area contributed by atoms with Gasteiger partial charge in [0.15, 0.2) is 5.78 Å². The SMILES string of the molecule is Cn1ncc(C(=O)CCc2ccc3c(c2)CCO3)c1N. The monoisotopic (exact) mass is 271 g/mol. The van der Waals surface area contributed by atoms with Gasteiger partial charge in [0, 0.05) is 19.9 Å². The number of ether oxygens (including phenoxy) is 1. The summed E-state index contributed by atoms with van der Waals surface area (Å²) in [6, 6.07) is 6.13. The fraction of sp³-hybridized carbons (Fsp3) is 0.333. The molecule has 104 valence electrons. The Morgan fingerprint density at radius 1 is 1.50 bits per heavy atom. The number of nitrogens with two attached hydrogens (primary N) is 1. The van der Waals surface area contributed by atoms with E-state index >= 15 is 0 Å². The van der Waals surface area contributed by atoms with E-state index in [1.165, 1.54) is 16.4 Å². The van der Waals surface area contributed by atoms with Crippen molar-refractivity contribution in [2.75, 3.05) is 12.3 Å². The second-order valence-corrected chi connectivity index (χ2v) is 5.03. The molecule has 3 rings (SSSR count). The number of fused-ring (bicyclic) bond motifs is 1. The molecule has 1 aromatic carbocycles. The van der Waals surface area contributed by atoms with Crippen molar-refractivity contribution >= 4 is 11.6 Å². The zero-order valence-corrected chi connectivity index (χ0v) is 11.4. The van der Waals surface area contributed by atoms with Gasteiger partial charge in [-0.25, -0.2) is 0 Å². The molecule has 0 radical (unpaired) electrons. The number of ketones is 1. The van der Waals surface area contributed by atoms with Gasteiger partial charge in [-0.2, -0.15) is 5.10 Å². The first kappa shape index (κ1) is 12.7. The molecule has 0 bridgehead atoms. The second kappa shape index (κ2) is 5.00. The fourth-order valence-electron chi connectivity index (χ4n) is 2.45. The predicted molar refractivity (Wildman–Crippen MR) is 75.9 cm³/mol. The van der Waals surface area contributed by atoms with Crippen LogP contribution in [-0.2, 0) is 19.9 Å². The van der Waals surface area contributed by atoms with Gasteiger partial charge in [-0.15, -0.1) is 0 Å². The van der Waals surface area contributed by atoms with Gasteiger partial charge in [0.1, 0.15) is 11.6 Å². The molecule has 0 saturated carbocycles. The highest BCUT2D eigenvalue weighted by Gasteiger charge is 2.15. The minimum Gasteiger partial charge on any atom is -0.493 e. The van der Waals surface area contributed by atoms with Gasteiger partial charge in [-0.3, -0.25) is 9.48 Å². The Balaban J connectivity index is 1.67. The number of carbonyl (C=O) groups excluding carboxylic acids is 1. The minimum absolute atomic E-state index is 0.0346. The molecule has 0 spiro atoms. The van der Waals surface area contributed by atoms with Crippen molar-refractivity contribution in [2.45, 2.75) is 19.3 Å². The molecular weight excluding hydrogens is 254 g/mol. The van der Waals surface area contributed by atoms with Crippen molar-refractivity contribution in [1.82, 2.24) is 9.78 Å². The Kier molecular flexibility index (Phi) is 3.18. The van der Waals surface area contributed by atoms with Crippen LogP contribution >= 0.6 is 0 Å². The summed E-state index contributed by atoms with van der Waals surface area (Å²) >= 11 is 0. The number of aromatic nitrogens is 2. The van der Waals surface area contributed by atoms with E-state index in [0.717, 1.165) is 24.3 Å². The second-order valence-electron chi connectivity index (χ2n) is 5.03. The third-order valence-corrected chi connectivity index (χ3v) is 3.68. The standard InChI is InChI=1S/C15H17N3O2/c1-18-15(16)12(9-17-18)13(19)4-2-10-3-5-14-11(8-10)6-7-20-14/h3,5,8-9H,2,4,6-7,16H2,1H3. The molecular formula is C15H17N3O2. The Hall–Kier alpha value is -2.30. The molecule has 2 aromatic rings. The van der Waals surface area contributed by atoms with Crippen LogP contribution in [-0.4, -0.2) is 22.2 Å². The summed E-state index contributed by atoms with van der Waals surface area (Å²) in [4.78, 5) is 12.1. The number of nitrogens with zero attached hydrogens (tertiary/aromatic N) is 2. The first-order valence-corrected chi connectivity index (χ1v) is 6.70. The van der Waals surface area contributed by atoms with Gasteiger partial charge >= 0.3 is 0 Å². The number of benzene rings is 1. The largest absolute Gasteiger partial charge is 0.493 e. The summed E-state index contributed by atoms with van der Waals surface area (Å²) < 4.78 is 6.99. The van der Waals surface area contributed by atoms with Gasteiger partial charge in [-0.1, -0.05) is 12.1 Å². The molecule has 20 heavy (non-hydrogen) atoms. The maximum atomic E-state index is 12.1. The Labute approximate surface area is 117 Å². The zero-order chi connectivity index (χ0) is 14.1. The summed E-state index contributed by atoms with van der Waals surface area (Å²) in [6.45, 7) is 0.754. The summed E-state index contributed by atoms with van der Waals surface area (Å²) in [7, 11) is 1.73. The van der Waals surface area contributed by atoms with E-state index in [9.17, 15) is 4.79 Å². The van der Waals surface area contributed by atoms with Crippen LogP contribution in [0.25, 0.3) is 0 Å². The van der Waals surface area contributed by atoms with Crippen molar-refractivity contribution in [3.63, 3.8) is 0 Å². The van der Waals surface area contributed by atoms with Crippen LogP contribution in [0.3, 0.4) is 0 Å². The number of Topliss-reactive ketones (excluding diaryl/α,β-unsaturated/α-hetero) is 1. The summed E-state index contributed by atoms with van der Waals surface area (Å²) in [5, 5.41) is 3.99. The van der Waals surface area contributed by atoms with Crippen molar-refractivity contribution in [2.24, 2.45) is 7.05 Å². The lowest BCUT2D eigenvalue weighted by Crippen LogP contribution is -2.06. The maximum absolute atomic E-state index is 12.1. The maximum Gasteiger partial charge on any atom is 0.168 e. The minimum atomic E-state index is 0.0346. The molecule has 5 nitrogen and oxygen atoms in total. The molecule has 1 aliphatic heterocycles. The van der Waals surface area contributed by atoms with Gasteiger partial charge in [-0.05, 0) is 23.6 Å². The van der Waals surface area contributed by atoms with Crippen LogP contribution in [0.15, 0.2) is 24.4 Å². The van der Waals surface area contributed by atoms with E-state index in [-0.39, 0.29) is 5.78 Å². The topological polar surface area (TPSA) is 70.1 Å². The molecule has 0 amide bonds. The Morgan fingerprint density at radius 2 is 2.35 bits per heavy atom. The fourth-order valence-corrected chi connectivity index (χ4v) is 2.45. The smallest absolute Gasteiger partial charge is 0.168 e. The van der Waals surface area contributed by atoms with Crippen molar-refractivity contribution < 1.29 is 9.53 Å². The first-order chi connectivity index (χ1) is 9.65. The van der Waals surface area contributed by atoms with Crippen LogP contribution in [0.5, 0.6) is 5.75 Å². The summed E-state index contributed by atoms with van der Waals surface area (Å²) in [5.74, 6) is 1.43. The number of nitrogen functional groups attached to an aromatic ring is 1. The van der Waals surface area contributed by atoms with Gasteiger partial charge in [0.25, 0.3) is 0 Å². The zero-order valence-electron chi connectivity index (χ0n) is 11.4. The molecule has 0 aliphatic carbocycles. The lowest BCUT2D eigenvalue weighted by Gasteiger charge is -2.04. The molecule has 5 heteroatoms. The van der Waals surface area contributed by atoms with Crippen molar-refractivity contribution in [3.8, 4) is 5.75 Å². The highest BCUT2D eigenvalue weighted by molar-refractivity contribution is 5.99. The molecule has 1 aliphatic rings. The first-order valence-electron chi connectivity index (χ1n) is 6.70. The average molecular weight is 271 g/mol. The molecule has 0 atom stereocenters. The van der Waals surface area contributed by atoms with E-state index in [1.807, 2.05) is 12.1 Å². The lowest BCUT2D eigenvalue weighted by atomic mass is 10.0. The molecule has 2 N–H and O–H groups in total. The summed E-state index contributed by atoms with van der Waals surface area (Å²) in [6.07, 6.45) is 3.64. The molecule has 2 heterocycles. The number of anilines is 1. The Bertz CT molecular complexity index is 661. The van der Waals surface area contributed by atoms with Crippen LogP contribution in [0, 0.1) is 0 Å². The van der Waals surface area contributed by atoms with Gasteiger partial charge < -0.3 is 10.5 Å². The normalized spacial score (nSPS) is 13.1. The van der Waals surface area contributed by atoms with Crippen molar-refractivity contribution in [3.05, 3.63) is 41.1 Å². The van der Waals surface area contributed by atoms with Crippen molar-refractivity contribution in [1.29, 1.82) is 0 Å². The third-order valence-electron chi connectivity index (χ3n) is 3.68. The number of rotatable bonds is 4. The average Bonchev–Trinajstić information content (AvgIpc) is 3.03. The highest BCUT2D eigenvalue weighted by Crippen LogP contribution is 2.26. The van der Waals surface area contributed by atoms with Crippen LogP contribution in [0.2, 0.25) is 0 Å². The van der Waals surface area contributed by atoms with E-state index < -0.39 is 0 Å². The molecule has 0 fully saturated rings. The lowest BCUT2D eigenvalue weighted by molar-refractivity contribution is 0.0983. The number of aryl methyl sites for hydroxylation is 2. The molecule has 1 aromatic heterocycles. The Morgan fingerprint density at radius 3 is 3.10 bits per heavy atom. The van der Waals surface area contributed by atoms with E-state index in [2.05, 4.69) is 11.2 Å². The summed E-state index contributed by atoms with van der Waals surface area (Å²) in [5.41, 5.74) is 8.71. The van der Waals surface area contributed by atoms with Crippen LogP contribution in [0.1, 0.15) is 27.9 Å². The number of hydrogen-bond donors (Lipinski definition) is 1. The predicted octanol–water partition coefficient (Wildman–Crippen LogP) is 1.75. The van der Waals surface area contributed by atoms with E-state index in [4.69, 9.17) is 10.5 Å². The van der Waals surface area contributed by atoms with E-state index in [1.54, 1.807) is 7.05 Å². The molecule has 0 saturated heterocycles. The number of carbonyl (C=O) groups is 1. The highest BCUT2D eigenvalue weighted by atomic mass is 16.5. The van der Waals surface area contributed by atoms with E-state index in [0.29, 0.717) is 24.2 Å². The third kappa shape index (κ3) is 2.27. The van der Waals surface area contributed by atoms with Crippen LogP contribution in [0.4, 0.5) is 5.82 Å². The molecule has 0 unspecified atom stereocenters. The number of hydrogen-bond acceptors (Lipinski definition) is 4. The quantitative estimate of drug-likeness (QED) is 0.860.